The highest BCUT2D eigenvalue weighted by Crippen LogP contribution is 2.18. The molecule has 1 aliphatic rings. The number of imide groups is 1. The predicted molar refractivity (Wildman–Crippen MR) is 72.5 cm³/mol. The Morgan fingerprint density at radius 3 is 2.89 bits per heavy atom. The Hall–Kier alpha value is -2.36. The van der Waals surface area contributed by atoms with E-state index in [2.05, 4.69) is 0 Å². The summed E-state index contributed by atoms with van der Waals surface area (Å²) in [7, 11) is 1.58. The summed E-state index contributed by atoms with van der Waals surface area (Å²) in [5.41, 5.74) is 0.804. The van der Waals surface area contributed by atoms with Crippen LogP contribution in [-0.4, -0.2) is 30.4 Å². The van der Waals surface area contributed by atoms with Crippen molar-refractivity contribution in [1.82, 2.24) is 4.90 Å². The highest BCUT2D eigenvalue weighted by Gasteiger charge is 2.18. The molecule has 19 heavy (non-hydrogen) atoms. The van der Waals surface area contributed by atoms with Crippen molar-refractivity contribution in [1.29, 1.82) is 0 Å². The SMILES string of the molecule is COc1ccccc1/C=C/C(=O)N1CCC=CC1=O. The smallest absolute Gasteiger partial charge is 0.253 e. The molecule has 0 bridgehead atoms. The first kappa shape index (κ1) is 13.1. The van der Waals surface area contributed by atoms with Crippen molar-refractivity contribution in [3.05, 3.63) is 48.1 Å². The van der Waals surface area contributed by atoms with Gasteiger partial charge in [-0.1, -0.05) is 24.3 Å². The molecule has 0 saturated heterocycles. The molecule has 0 spiro atoms. The van der Waals surface area contributed by atoms with Crippen molar-refractivity contribution < 1.29 is 14.3 Å². The number of benzene rings is 1. The standard InChI is InChI=1S/C15H15NO3/c1-19-13-7-3-2-6-12(13)9-10-15(18)16-11-5-4-8-14(16)17/h2-4,6-10H,5,11H2,1H3/b10-9+. The van der Waals surface area contributed by atoms with Gasteiger partial charge in [0.25, 0.3) is 11.8 Å². The molecule has 1 heterocycles. The molecule has 4 heteroatoms. The number of rotatable bonds is 3. The minimum Gasteiger partial charge on any atom is -0.496 e. The number of hydrogen-bond donors (Lipinski definition) is 0. The van der Waals surface area contributed by atoms with Crippen LogP contribution in [0.25, 0.3) is 6.08 Å². The van der Waals surface area contributed by atoms with Gasteiger partial charge in [-0.3, -0.25) is 14.5 Å². The summed E-state index contributed by atoms with van der Waals surface area (Å²) >= 11 is 0. The van der Waals surface area contributed by atoms with Crippen LogP contribution in [0.1, 0.15) is 12.0 Å². The summed E-state index contributed by atoms with van der Waals surface area (Å²) in [5, 5.41) is 0. The molecule has 0 saturated carbocycles. The summed E-state index contributed by atoms with van der Waals surface area (Å²) in [6, 6.07) is 7.39. The van der Waals surface area contributed by atoms with E-state index in [1.165, 1.54) is 17.1 Å². The Morgan fingerprint density at radius 1 is 1.37 bits per heavy atom. The van der Waals surface area contributed by atoms with E-state index in [4.69, 9.17) is 4.74 Å². The molecule has 1 aliphatic heterocycles. The number of carbonyl (C=O) groups is 2. The van der Waals surface area contributed by atoms with E-state index in [-0.39, 0.29) is 11.8 Å². The van der Waals surface area contributed by atoms with Gasteiger partial charge in [-0.25, -0.2) is 0 Å². The maximum Gasteiger partial charge on any atom is 0.253 e. The first-order valence-corrected chi connectivity index (χ1v) is 6.05. The van der Waals surface area contributed by atoms with E-state index >= 15 is 0 Å². The first-order valence-electron chi connectivity index (χ1n) is 6.05. The van der Waals surface area contributed by atoms with Gasteiger partial charge in [-0.05, 0) is 24.6 Å². The third-order valence-electron chi connectivity index (χ3n) is 2.86. The lowest BCUT2D eigenvalue weighted by atomic mass is 10.1. The van der Waals surface area contributed by atoms with Crippen molar-refractivity contribution in [2.24, 2.45) is 0 Å². The number of nitrogens with zero attached hydrogens (tertiary/aromatic N) is 1. The van der Waals surface area contributed by atoms with Gasteiger partial charge in [-0.15, -0.1) is 0 Å². The molecule has 2 rings (SSSR count). The zero-order chi connectivity index (χ0) is 13.7. The molecule has 0 aliphatic carbocycles. The van der Waals surface area contributed by atoms with Gasteiger partial charge in [0.05, 0.1) is 7.11 Å². The third-order valence-corrected chi connectivity index (χ3v) is 2.86. The second kappa shape index (κ2) is 6.00. The number of hydrogen-bond acceptors (Lipinski definition) is 3. The van der Waals surface area contributed by atoms with Gasteiger partial charge in [0.15, 0.2) is 0 Å². The van der Waals surface area contributed by atoms with Crippen molar-refractivity contribution in [2.45, 2.75) is 6.42 Å². The normalized spacial score (nSPS) is 15.0. The lowest BCUT2D eigenvalue weighted by Gasteiger charge is -2.19. The summed E-state index contributed by atoms with van der Waals surface area (Å²) in [5.74, 6) is 0.123. The monoisotopic (exact) mass is 257 g/mol. The molecule has 0 N–H and O–H groups in total. The van der Waals surface area contributed by atoms with Crippen LogP contribution in [0.2, 0.25) is 0 Å². The maximum atomic E-state index is 11.9. The average molecular weight is 257 g/mol. The number of ether oxygens (including phenoxy) is 1. The average Bonchev–Trinajstić information content (AvgIpc) is 2.45. The van der Waals surface area contributed by atoms with Crippen molar-refractivity contribution in [3.8, 4) is 5.75 Å². The zero-order valence-corrected chi connectivity index (χ0v) is 10.7. The van der Waals surface area contributed by atoms with Crippen LogP contribution in [0, 0.1) is 0 Å². The lowest BCUT2D eigenvalue weighted by Crippen LogP contribution is -2.37. The van der Waals surface area contributed by atoms with E-state index in [0.29, 0.717) is 18.7 Å². The fourth-order valence-electron chi connectivity index (χ4n) is 1.86. The lowest BCUT2D eigenvalue weighted by molar-refractivity contribution is -0.139. The molecule has 98 valence electrons. The fourth-order valence-corrected chi connectivity index (χ4v) is 1.86. The van der Waals surface area contributed by atoms with Crippen LogP contribution in [0.3, 0.4) is 0 Å². The van der Waals surface area contributed by atoms with Crippen LogP contribution < -0.4 is 4.74 Å². The molecule has 1 aromatic rings. The fraction of sp³-hybridized carbons (Fsp3) is 0.200. The quantitative estimate of drug-likeness (QED) is 0.778. The van der Waals surface area contributed by atoms with Gasteiger partial charge in [0, 0.05) is 18.2 Å². The van der Waals surface area contributed by atoms with E-state index in [1.807, 2.05) is 24.3 Å². The van der Waals surface area contributed by atoms with E-state index in [0.717, 1.165) is 5.56 Å². The van der Waals surface area contributed by atoms with Gasteiger partial charge < -0.3 is 4.74 Å². The van der Waals surface area contributed by atoms with Crippen molar-refractivity contribution >= 4 is 17.9 Å². The van der Waals surface area contributed by atoms with Crippen molar-refractivity contribution in [2.75, 3.05) is 13.7 Å². The van der Waals surface area contributed by atoms with Crippen LogP contribution >= 0.6 is 0 Å². The van der Waals surface area contributed by atoms with Crippen molar-refractivity contribution in [3.63, 3.8) is 0 Å². The van der Waals surface area contributed by atoms with E-state index < -0.39 is 0 Å². The molecule has 0 unspecified atom stereocenters. The highest BCUT2D eigenvalue weighted by molar-refractivity contribution is 6.07. The molecule has 0 atom stereocenters. The highest BCUT2D eigenvalue weighted by atomic mass is 16.5. The molecular weight excluding hydrogens is 242 g/mol. The van der Waals surface area contributed by atoms with Crippen LogP contribution in [0.15, 0.2) is 42.5 Å². The topological polar surface area (TPSA) is 46.6 Å². The number of carbonyl (C=O) groups excluding carboxylic acids is 2. The largest absolute Gasteiger partial charge is 0.496 e. The molecule has 1 aromatic carbocycles. The van der Waals surface area contributed by atoms with E-state index in [1.54, 1.807) is 19.3 Å². The Bertz CT molecular complexity index is 546. The molecule has 4 nitrogen and oxygen atoms in total. The van der Waals surface area contributed by atoms with Crippen LogP contribution in [-0.2, 0) is 9.59 Å². The molecule has 0 fully saturated rings. The molecule has 0 aromatic heterocycles. The van der Waals surface area contributed by atoms with Gasteiger partial charge in [0.2, 0.25) is 0 Å². The molecule has 2 amide bonds. The summed E-state index contributed by atoms with van der Waals surface area (Å²) < 4.78 is 5.19. The number of methoxy groups -OCH3 is 1. The summed E-state index contributed by atoms with van der Waals surface area (Å²) in [6.45, 7) is 0.435. The minimum absolute atomic E-state index is 0.263. The van der Waals surface area contributed by atoms with E-state index in [9.17, 15) is 9.59 Å². The minimum atomic E-state index is -0.305. The predicted octanol–water partition coefficient (Wildman–Crippen LogP) is 2.02. The summed E-state index contributed by atoms with van der Waals surface area (Å²) in [6.07, 6.45) is 6.97. The second-order valence-corrected chi connectivity index (χ2v) is 4.09. The van der Waals surface area contributed by atoms with Gasteiger partial charge >= 0.3 is 0 Å². The Labute approximate surface area is 112 Å². The Kier molecular flexibility index (Phi) is 4.13. The Balaban J connectivity index is 2.12. The molecule has 0 radical (unpaired) electrons. The van der Waals surface area contributed by atoms with Crippen LogP contribution in [0.5, 0.6) is 5.75 Å². The van der Waals surface area contributed by atoms with Gasteiger partial charge in [-0.2, -0.15) is 0 Å². The molecular formula is C15H15NO3. The summed E-state index contributed by atoms with van der Waals surface area (Å²) in [4.78, 5) is 24.7. The third kappa shape index (κ3) is 3.10. The van der Waals surface area contributed by atoms with Crippen LogP contribution in [0.4, 0.5) is 0 Å². The second-order valence-electron chi connectivity index (χ2n) is 4.09. The number of amides is 2. The first-order chi connectivity index (χ1) is 9.22. The van der Waals surface area contributed by atoms with Gasteiger partial charge in [0.1, 0.15) is 5.75 Å². The maximum absolute atomic E-state index is 11.9. The zero-order valence-electron chi connectivity index (χ0n) is 10.7. The Morgan fingerprint density at radius 2 is 2.16 bits per heavy atom. The number of para-hydroxylation sites is 1.